The number of hydrogen-bond donors (Lipinski definition) is 0. The summed E-state index contributed by atoms with van der Waals surface area (Å²) in [6.45, 7) is 4.33. The van der Waals surface area contributed by atoms with Gasteiger partial charge in [0.2, 0.25) is 0 Å². The summed E-state index contributed by atoms with van der Waals surface area (Å²) in [5.74, 6) is 0. The van der Waals surface area contributed by atoms with Crippen molar-refractivity contribution in [2.75, 3.05) is 18.0 Å². The number of benzene rings is 2. The van der Waals surface area contributed by atoms with Crippen LogP contribution in [-0.4, -0.2) is 13.1 Å². The Labute approximate surface area is 104 Å². The molecule has 0 fully saturated rings. The summed E-state index contributed by atoms with van der Waals surface area (Å²) in [4.78, 5) is 2.41. The topological polar surface area (TPSA) is 3.24 Å². The summed E-state index contributed by atoms with van der Waals surface area (Å²) in [6.07, 6.45) is 1.10. The van der Waals surface area contributed by atoms with Crippen molar-refractivity contribution in [3.63, 3.8) is 0 Å². The highest BCUT2D eigenvalue weighted by Gasteiger charge is 2.03. The zero-order valence-electron chi connectivity index (χ0n) is 10.3. The third-order valence-corrected chi connectivity index (χ3v) is 3.02. The van der Waals surface area contributed by atoms with E-state index in [1.54, 1.807) is 0 Å². The van der Waals surface area contributed by atoms with Gasteiger partial charge in [-0.25, -0.2) is 0 Å². The van der Waals surface area contributed by atoms with E-state index >= 15 is 0 Å². The highest BCUT2D eigenvalue weighted by molar-refractivity contribution is 5.45. The number of anilines is 1. The van der Waals surface area contributed by atoms with E-state index in [1.165, 1.54) is 11.3 Å². The molecule has 0 bridgehead atoms. The lowest BCUT2D eigenvalue weighted by Crippen LogP contribution is -2.25. The molecule has 0 spiro atoms. The molecule has 0 aliphatic rings. The Morgan fingerprint density at radius 1 is 0.824 bits per heavy atom. The van der Waals surface area contributed by atoms with Crippen LogP contribution in [0, 0.1) is 0 Å². The predicted octanol–water partition coefficient (Wildman–Crippen LogP) is 3.76. The molecule has 2 aromatic rings. The number of para-hydroxylation sites is 1. The third kappa shape index (κ3) is 3.35. The third-order valence-electron chi connectivity index (χ3n) is 3.02. The molecular formula is C16H19N. The van der Waals surface area contributed by atoms with Gasteiger partial charge in [-0.15, -0.1) is 0 Å². The van der Waals surface area contributed by atoms with Gasteiger partial charge >= 0.3 is 0 Å². The fourth-order valence-electron chi connectivity index (χ4n) is 2.02. The molecule has 2 rings (SSSR count). The largest absolute Gasteiger partial charge is 0.371 e. The maximum atomic E-state index is 2.41. The van der Waals surface area contributed by atoms with Gasteiger partial charge in [-0.3, -0.25) is 0 Å². The van der Waals surface area contributed by atoms with Crippen molar-refractivity contribution in [2.24, 2.45) is 0 Å². The van der Waals surface area contributed by atoms with E-state index in [9.17, 15) is 0 Å². The fraction of sp³-hybridized carbons (Fsp3) is 0.250. The molecular weight excluding hydrogens is 206 g/mol. The second kappa shape index (κ2) is 6.09. The normalized spacial score (nSPS) is 10.2. The predicted molar refractivity (Wildman–Crippen MR) is 74.5 cm³/mol. The molecule has 1 heteroatoms. The van der Waals surface area contributed by atoms with E-state index in [2.05, 4.69) is 72.5 Å². The quantitative estimate of drug-likeness (QED) is 0.749. The smallest absolute Gasteiger partial charge is 0.0366 e. The summed E-state index contributed by atoms with van der Waals surface area (Å²) >= 11 is 0. The molecule has 0 aromatic heterocycles. The molecule has 0 heterocycles. The van der Waals surface area contributed by atoms with Crippen molar-refractivity contribution in [1.29, 1.82) is 0 Å². The number of rotatable bonds is 5. The maximum Gasteiger partial charge on any atom is 0.0366 e. The van der Waals surface area contributed by atoms with Gasteiger partial charge in [-0.05, 0) is 31.0 Å². The van der Waals surface area contributed by atoms with Crippen molar-refractivity contribution < 1.29 is 0 Å². The summed E-state index contributed by atoms with van der Waals surface area (Å²) in [7, 11) is 0. The Kier molecular flexibility index (Phi) is 4.20. The highest BCUT2D eigenvalue weighted by atomic mass is 15.1. The van der Waals surface area contributed by atoms with Crippen LogP contribution in [0.2, 0.25) is 0 Å². The molecule has 0 saturated carbocycles. The van der Waals surface area contributed by atoms with Gasteiger partial charge in [0, 0.05) is 18.8 Å². The zero-order valence-corrected chi connectivity index (χ0v) is 10.3. The average Bonchev–Trinajstić information content (AvgIpc) is 2.42. The van der Waals surface area contributed by atoms with Crippen molar-refractivity contribution in [3.8, 4) is 0 Å². The van der Waals surface area contributed by atoms with Crippen LogP contribution in [0.15, 0.2) is 60.7 Å². The van der Waals surface area contributed by atoms with E-state index in [-0.39, 0.29) is 0 Å². The van der Waals surface area contributed by atoms with Gasteiger partial charge < -0.3 is 4.90 Å². The van der Waals surface area contributed by atoms with Gasteiger partial charge in [0.1, 0.15) is 0 Å². The van der Waals surface area contributed by atoms with Crippen LogP contribution in [0.25, 0.3) is 0 Å². The minimum Gasteiger partial charge on any atom is -0.371 e. The Bertz CT molecular complexity index is 422. The zero-order chi connectivity index (χ0) is 11.9. The van der Waals surface area contributed by atoms with E-state index in [0.29, 0.717) is 0 Å². The molecule has 0 radical (unpaired) electrons. The van der Waals surface area contributed by atoms with Crippen LogP contribution in [0.3, 0.4) is 0 Å². The first-order valence-corrected chi connectivity index (χ1v) is 6.24. The lowest BCUT2D eigenvalue weighted by Gasteiger charge is -2.23. The van der Waals surface area contributed by atoms with Crippen LogP contribution in [0.4, 0.5) is 5.69 Å². The van der Waals surface area contributed by atoms with E-state index in [4.69, 9.17) is 0 Å². The molecule has 0 atom stereocenters. The first-order valence-electron chi connectivity index (χ1n) is 6.24. The summed E-state index contributed by atoms with van der Waals surface area (Å²) in [6, 6.07) is 21.3. The Morgan fingerprint density at radius 3 is 2.00 bits per heavy atom. The van der Waals surface area contributed by atoms with Crippen LogP contribution < -0.4 is 4.90 Å². The fourth-order valence-corrected chi connectivity index (χ4v) is 2.02. The Hall–Kier alpha value is -1.76. The minimum atomic E-state index is 1.05. The molecule has 17 heavy (non-hydrogen) atoms. The Balaban J connectivity index is 1.97. The van der Waals surface area contributed by atoms with E-state index < -0.39 is 0 Å². The number of likely N-dealkylation sites (N-methyl/N-ethyl adjacent to an activating group) is 1. The van der Waals surface area contributed by atoms with Crippen molar-refractivity contribution in [2.45, 2.75) is 13.3 Å². The first-order chi connectivity index (χ1) is 8.40. The van der Waals surface area contributed by atoms with Crippen molar-refractivity contribution >= 4 is 5.69 Å². The SMILES string of the molecule is CCN(CCc1ccccc1)c1ccccc1. The second-order valence-electron chi connectivity index (χ2n) is 4.15. The molecule has 0 amide bonds. The van der Waals surface area contributed by atoms with Crippen molar-refractivity contribution in [3.05, 3.63) is 66.2 Å². The van der Waals surface area contributed by atoms with Gasteiger partial charge in [-0.2, -0.15) is 0 Å². The summed E-state index contributed by atoms with van der Waals surface area (Å²) < 4.78 is 0. The minimum absolute atomic E-state index is 1.05. The highest BCUT2D eigenvalue weighted by Crippen LogP contribution is 2.13. The maximum absolute atomic E-state index is 2.41. The van der Waals surface area contributed by atoms with Crippen LogP contribution in [0.1, 0.15) is 12.5 Å². The van der Waals surface area contributed by atoms with Crippen LogP contribution in [0.5, 0.6) is 0 Å². The van der Waals surface area contributed by atoms with Gasteiger partial charge in [0.25, 0.3) is 0 Å². The lowest BCUT2D eigenvalue weighted by molar-refractivity contribution is 0.809. The monoisotopic (exact) mass is 225 g/mol. The first kappa shape index (κ1) is 11.7. The summed E-state index contributed by atoms with van der Waals surface area (Å²) in [5.41, 5.74) is 2.72. The number of nitrogens with zero attached hydrogens (tertiary/aromatic N) is 1. The molecule has 0 saturated heterocycles. The molecule has 88 valence electrons. The molecule has 0 aliphatic carbocycles. The Morgan fingerprint density at radius 2 is 1.41 bits per heavy atom. The molecule has 2 aromatic carbocycles. The molecule has 0 aliphatic heterocycles. The second-order valence-corrected chi connectivity index (χ2v) is 4.15. The van der Waals surface area contributed by atoms with Crippen LogP contribution in [-0.2, 0) is 6.42 Å². The van der Waals surface area contributed by atoms with Gasteiger partial charge in [0.05, 0.1) is 0 Å². The standard InChI is InChI=1S/C16H19N/c1-2-17(16-11-7-4-8-12-16)14-13-15-9-5-3-6-10-15/h3-12H,2,13-14H2,1H3. The van der Waals surface area contributed by atoms with E-state index in [0.717, 1.165) is 19.5 Å². The van der Waals surface area contributed by atoms with Gasteiger partial charge in [0.15, 0.2) is 0 Å². The molecule has 0 unspecified atom stereocenters. The summed E-state index contributed by atoms with van der Waals surface area (Å²) in [5, 5.41) is 0. The number of hydrogen-bond acceptors (Lipinski definition) is 1. The average molecular weight is 225 g/mol. The van der Waals surface area contributed by atoms with E-state index in [1.807, 2.05) is 0 Å². The molecule has 1 nitrogen and oxygen atoms in total. The van der Waals surface area contributed by atoms with Crippen LogP contribution >= 0.6 is 0 Å². The van der Waals surface area contributed by atoms with Gasteiger partial charge in [-0.1, -0.05) is 48.5 Å². The lowest BCUT2D eigenvalue weighted by atomic mass is 10.1. The van der Waals surface area contributed by atoms with Crippen molar-refractivity contribution in [1.82, 2.24) is 0 Å². The molecule has 0 N–H and O–H groups in total.